The van der Waals surface area contributed by atoms with Crippen LogP contribution in [0.4, 0.5) is 17.6 Å². The number of carboxylic acids is 1. The maximum Gasteiger partial charge on any atom is 0.407 e. The highest BCUT2D eigenvalue weighted by Crippen LogP contribution is 2.37. The van der Waals surface area contributed by atoms with Crippen LogP contribution in [0.3, 0.4) is 0 Å². The smallest absolute Gasteiger partial charge is 0.407 e. The van der Waals surface area contributed by atoms with E-state index in [1.54, 1.807) is 18.2 Å². The van der Waals surface area contributed by atoms with Gasteiger partial charge >= 0.3 is 12.1 Å². The third kappa shape index (κ3) is 5.04. The summed E-state index contributed by atoms with van der Waals surface area (Å²) in [5, 5.41) is 12.4. The first-order valence-electron chi connectivity index (χ1n) is 9.48. The maximum atomic E-state index is 13.9. The zero-order valence-corrected chi connectivity index (χ0v) is 17.0. The Morgan fingerprint density at radius 1 is 1.03 bits per heavy atom. The Morgan fingerprint density at radius 3 is 2.26 bits per heavy atom. The second-order valence-electron chi connectivity index (χ2n) is 8.08. The highest BCUT2D eigenvalue weighted by atomic mass is 19.4. The maximum absolute atomic E-state index is 13.9. The Morgan fingerprint density at radius 2 is 1.71 bits per heavy atom. The molecule has 0 radical (unpaired) electrons. The van der Waals surface area contributed by atoms with Gasteiger partial charge in [-0.05, 0) is 50.6 Å². The normalized spacial score (nSPS) is 14.7. The summed E-state index contributed by atoms with van der Waals surface area (Å²) in [6.45, 7) is 3.60. The highest BCUT2D eigenvalue weighted by molar-refractivity contribution is 6.08. The second-order valence-corrected chi connectivity index (χ2v) is 8.08. The molecule has 2 unspecified atom stereocenters. The average Bonchev–Trinajstić information content (AvgIpc) is 2.99. The van der Waals surface area contributed by atoms with Gasteiger partial charge in [0.25, 0.3) is 0 Å². The zero-order chi connectivity index (χ0) is 23.1. The average molecular weight is 439 g/mol. The second kappa shape index (κ2) is 7.96. The number of carbonyl (C=O) groups is 2. The van der Waals surface area contributed by atoms with Crippen LogP contribution in [0.2, 0.25) is 0 Å². The van der Waals surface area contributed by atoms with Crippen LogP contribution in [0, 0.1) is 0 Å². The first-order chi connectivity index (χ1) is 14.3. The van der Waals surface area contributed by atoms with Gasteiger partial charge in [0.15, 0.2) is 5.78 Å². The van der Waals surface area contributed by atoms with Crippen molar-refractivity contribution in [2.75, 3.05) is 0 Å². The Hall–Kier alpha value is -2.94. The third-order valence-corrected chi connectivity index (χ3v) is 4.92. The summed E-state index contributed by atoms with van der Waals surface area (Å²) < 4.78 is 61.0. The van der Waals surface area contributed by atoms with Crippen LogP contribution in [0.5, 0.6) is 0 Å². The van der Waals surface area contributed by atoms with E-state index in [2.05, 4.69) is 0 Å². The molecule has 2 atom stereocenters. The van der Waals surface area contributed by atoms with E-state index in [0.29, 0.717) is 21.9 Å². The number of hydrogen-bond donors (Lipinski definition) is 2. The molecule has 0 saturated carbocycles. The number of fused-ring (bicyclic) bond motifs is 3. The summed E-state index contributed by atoms with van der Waals surface area (Å²) in [4.78, 5) is 23.1. The van der Waals surface area contributed by atoms with Crippen LogP contribution in [-0.2, 0) is 4.79 Å². The number of halogens is 4. The quantitative estimate of drug-likeness (QED) is 0.372. The van der Waals surface area contributed by atoms with Gasteiger partial charge < -0.3 is 9.52 Å². The van der Waals surface area contributed by atoms with Gasteiger partial charge in [-0.15, -0.1) is 0 Å². The van der Waals surface area contributed by atoms with E-state index in [-0.39, 0.29) is 16.9 Å². The van der Waals surface area contributed by atoms with Gasteiger partial charge in [0.1, 0.15) is 28.9 Å². The monoisotopic (exact) mass is 439 g/mol. The summed E-state index contributed by atoms with van der Waals surface area (Å²) in [7, 11) is 0. The number of carboxylic acid groups (broad SMARTS) is 1. The summed E-state index contributed by atoms with van der Waals surface area (Å²) in [5.74, 6) is -1.74. The number of rotatable bonds is 7. The van der Waals surface area contributed by atoms with E-state index < -0.39 is 36.3 Å². The highest BCUT2D eigenvalue weighted by Gasteiger charge is 2.44. The fraction of sp³-hybridized carbons (Fsp3) is 0.364. The fourth-order valence-corrected chi connectivity index (χ4v) is 3.48. The SMILES string of the molecule is CC(=O)c1ccc2oc3cc(C(NC(CC(C)(C)F)C(=O)O)C(F)(F)F)ccc3c2c1. The number of carbonyl (C=O) groups excluding carboxylic acids is 1. The summed E-state index contributed by atoms with van der Waals surface area (Å²) in [6.07, 6.45) is -5.48. The minimum absolute atomic E-state index is 0.155. The molecule has 1 heterocycles. The number of Topliss-reactive ketones (excluding diaryl/α,β-unsaturated/α-hetero) is 1. The Kier molecular flexibility index (Phi) is 5.84. The van der Waals surface area contributed by atoms with E-state index in [1.165, 1.54) is 25.1 Å². The number of furan rings is 1. The predicted octanol–water partition coefficient (Wildman–Crippen LogP) is 5.57. The van der Waals surface area contributed by atoms with Crippen molar-refractivity contribution in [1.82, 2.24) is 5.32 Å². The van der Waals surface area contributed by atoms with Crippen LogP contribution < -0.4 is 5.32 Å². The lowest BCUT2D eigenvalue weighted by molar-refractivity contribution is -0.164. The molecule has 3 rings (SSSR count). The molecule has 0 aliphatic heterocycles. The lowest BCUT2D eigenvalue weighted by Crippen LogP contribution is -2.47. The molecule has 2 aromatic carbocycles. The number of hydrogen-bond acceptors (Lipinski definition) is 4. The van der Waals surface area contributed by atoms with Gasteiger partial charge in [0.05, 0.1) is 0 Å². The molecule has 1 aromatic heterocycles. The minimum Gasteiger partial charge on any atom is -0.480 e. The van der Waals surface area contributed by atoms with Crippen LogP contribution >= 0.6 is 0 Å². The molecule has 0 fully saturated rings. The molecule has 0 amide bonds. The standard InChI is InChI=1S/C22H21F4NO4/c1-11(28)12-5-7-17-15(8-12)14-6-4-13(9-18(14)31-17)19(22(24,25)26)27-16(20(29)30)10-21(2,3)23/h4-9,16,19,27H,10H2,1-3H3,(H,29,30). The van der Waals surface area contributed by atoms with Gasteiger partial charge in [0.2, 0.25) is 0 Å². The number of nitrogens with one attached hydrogen (secondary N) is 1. The largest absolute Gasteiger partial charge is 0.480 e. The van der Waals surface area contributed by atoms with Crippen molar-refractivity contribution in [3.8, 4) is 0 Å². The summed E-state index contributed by atoms with van der Waals surface area (Å²) in [5.41, 5.74) is -1.26. The molecule has 31 heavy (non-hydrogen) atoms. The zero-order valence-electron chi connectivity index (χ0n) is 17.0. The molecule has 0 aliphatic carbocycles. The van der Waals surface area contributed by atoms with Gasteiger partial charge in [-0.25, -0.2) is 4.39 Å². The van der Waals surface area contributed by atoms with Crippen molar-refractivity contribution in [2.45, 2.75) is 51.1 Å². The lowest BCUT2D eigenvalue weighted by Gasteiger charge is -2.28. The van der Waals surface area contributed by atoms with Crippen molar-refractivity contribution in [3.63, 3.8) is 0 Å². The molecular formula is C22H21F4NO4. The number of aliphatic carboxylic acids is 1. The van der Waals surface area contributed by atoms with Gasteiger partial charge in [0, 0.05) is 22.8 Å². The van der Waals surface area contributed by atoms with Gasteiger partial charge in [-0.1, -0.05) is 12.1 Å². The first-order valence-corrected chi connectivity index (χ1v) is 9.48. The molecule has 5 nitrogen and oxygen atoms in total. The Balaban J connectivity index is 2.05. The van der Waals surface area contributed by atoms with Gasteiger partial charge in [-0.3, -0.25) is 14.9 Å². The molecule has 0 bridgehead atoms. The van der Waals surface area contributed by atoms with Crippen molar-refractivity contribution in [3.05, 3.63) is 47.5 Å². The van der Waals surface area contributed by atoms with E-state index in [4.69, 9.17) is 4.42 Å². The summed E-state index contributed by atoms with van der Waals surface area (Å²) >= 11 is 0. The lowest BCUT2D eigenvalue weighted by atomic mass is 9.97. The number of alkyl halides is 4. The molecule has 0 spiro atoms. The third-order valence-electron chi connectivity index (χ3n) is 4.92. The molecular weight excluding hydrogens is 418 g/mol. The fourth-order valence-electron chi connectivity index (χ4n) is 3.48. The van der Waals surface area contributed by atoms with Crippen LogP contribution in [-0.4, -0.2) is 34.7 Å². The Bertz CT molecular complexity index is 1140. The van der Waals surface area contributed by atoms with E-state index in [9.17, 15) is 32.3 Å². The summed E-state index contributed by atoms with van der Waals surface area (Å²) in [6, 6.07) is 4.44. The molecule has 0 saturated heterocycles. The molecule has 0 aliphatic rings. The minimum atomic E-state index is -4.84. The van der Waals surface area contributed by atoms with Crippen LogP contribution in [0.25, 0.3) is 21.9 Å². The molecule has 2 N–H and O–H groups in total. The van der Waals surface area contributed by atoms with Crippen molar-refractivity contribution < 1.29 is 36.7 Å². The number of ketones is 1. The molecule has 9 heteroatoms. The van der Waals surface area contributed by atoms with Crippen molar-refractivity contribution in [2.24, 2.45) is 0 Å². The van der Waals surface area contributed by atoms with Crippen molar-refractivity contribution >= 4 is 33.7 Å². The van der Waals surface area contributed by atoms with E-state index in [0.717, 1.165) is 13.8 Å². The number of benzene rings is 2. The van der Waals surface area contributed by atoms with E-state index >= 15 is 0 Å². The molecule has 166 valence electrons. The van der Waals surface area contributed by atoms with Crippen molar-refractivity contribution in [1.29, 1.82) is 0 Å². The predicted molar refractivity (Wildman–Crippen MR) is 107 cm³/mol. The van der Waals surface area contributed by atoms with Crippen LogP contribution in [0.1, 0.15) is 49.2 Å². The topological polar surface area (TPSA) is 79.5 Å². The van der Waals surface area contributed by atoms with E-state index in [1.807, 2.05) is 5.32 Å². The Labute approximate surface area is 175 Å². The van der Waals surface area contributed by atoms with Gasteiger partial charge in [-0.2, -0.15) is 13.2 Å². The molecule has 3 aromatic rings. The first kappa shape index (κ1) is 22.7. The van der Waals surface area contributed by atoms with Crippen LogP contribution in [0.15, 0.2) is 40.8 Å².